The molecule has 0 bridgehead atoms. The van der Waals surface area contributed by atoms with Gasteiger partial charge in [0.25, 0.3) is 0 Å². The summed E-state index contributed by atoms with van der Waals surface area (Å²) in [5, 5.41) is 17.6. The summed E-state index contributed by atoms with van der Waals surface area (Å²) in [4.78, 5) is 2.00. The van der Waals surface area contributed by atoms with Crippen LogP contribution in [0.15, 0.2) is 40.4 Å². The highest BCUT2D eigenvalue weighted by Gasteiger charge is 2.07. The molecule has 1 aromatic heterocycles. The first-order valence-electron chi connectivity index (χ1n) is 6.12. The number of ether oxygens (including phenoxy) is 1. The van der Waals surface area contributed by atoms with Gasteiger partial charge >= 0.3 is 0 Å². The van der Waals surface area contributed by atoms with Crippen molar-refractivity contribution in [2.75, 3.05) is 0 Å². The van der Waals surface area contributed by atoms with Gasteiger partial charge in [-0.1, -0.05) is 12.1 Å². The summed E-state index contributed by atoms with van der Waals surface area (Å²) in [6, 6.07) is 13.4. The second-order valence-electron chi connectivity index (χ2n) is 4.23. The Bertz CT molecular complexity index is 749. The van der Waals surface area contributed by atoms with E-state index in [4.69, 9.17) is 15.3 Å². The molecule has 0 aliphatic heterocycles. The van der Waals surface area contributed by atoms with Gasteiger partial charge in [-0.25, -0.2) is 0 Å². The molecule has 1 heterocycles. The Morgan fingerprint density at radius 3 is 2.71 bits per heavy atom. The zero-order chi connectivity index (χ0) is 15.2. The summed E-state index contributed by atoms with van der Waals surface area (Å²) < 4.78 is 6.70. The molecule has 2 aromatic rings. The molecule has 1 aromatic carbocycles. The molecule has 0 aliphatic rings. The van der Waals surface area contributed by atoms with Crippen molar-refractivity contribution in [1.82, 2.24) is 0 Å². The van der Waals surface area contributed by atoms with Crippen molar-refractivity contribution >= 4 is 33.3 Å². The van der Waals surface area contributed by atoms with Gasteiger partial charge < -0.3 is 4.74 Å². The number of thiophene rings is 1. The number of hydrogen-bond donors (Lipinski definition) is 0. The summed E-state index contributed by atoms with van der Waals surface area (Å²) in [6.07, 6.45) is 1.60. The normalized spacial score (nSPS) is 9.52. The van der Waals surface area contributed by atoms with Crippen LogP contribution in [0.2, 0.25) is 0 Å². The Kier molecular flexibility index (Phi) is 5.16. The summed E-state index contributed by atoms with van der Waals surface area (Å²) >= 11 is 4.98. The van der Waals surface area contributed by atoms with Gasteiger partial charge in [-0.3, -0.25) is 0 Å². The molecule has 5 heteroatoms. The van der Waals surface area contributed by atoms with E-state index in [1.165, 1.54) is 0 Å². The number of nitrogens with zero attached hydrogens (tertiary/aromatic N) is 2. The van der Waals surface area contributed by atoms with Gasteiger partial charge in [0, 0.05) is 15.3 Å². The molecule has 0 atom stereocenters. The van der Waals surface area contributed by atoms with Crippen molar-refractivity contribution in [1.29, 1.82) is 10.5 Å². The number of aryl methyl sites for hydroxylation is 1. The fourth-order valence-corrected chi connectivity index (χ4v) is 3.09. The van der Waals surface area contributed by atoms with Crippen LogP contribution in [0.1, 0.15) is 15.3 Å². The third-order valence-electron chi connectivity index (χ3n) is 2.79. The van der Waals surface area contributed by atoms with Gasteiger partial charge in [-0.15, -0.1) is 11.3 Å². The van der Waals surface area contributed by atoms with Crippen LogP contribution < -0.4 is 4.74 Å². The first-order valence-corrected chi connectivity index (χ1v) is 7.73. The van der Waals surface area contributed by atoms with E-state index < -0.39 is 0 Å². The lowest BCUT2D eigenvalue weighted by Crippen LogP contribution is -1.95. The quantitative estimate of drug-likeness (QED) is 0.735. The third kappa shape index (κ3) is 3.95. The van der Waals surface area contributed by atoms with Gasteiger partial charge in [-0.2, -0.15) is 10.5 Å². The van der Waals surface area contributed by atoms with Crippen LogP contribution in [-0.2, 0) is 6.61 Å². The molecule has 21 heavy (non-hydrogen) atoms. The Morgan fingerprint density at radius 1 is 1.33 bits per heavy atom. The minimum atomic E-state index is 0.106. The van der Waals surface area contributed by atoms with E-state index in [-0.39, 0.29) is 5.57 Å². The van der Waals surface area contributed by atoms with Crippen LogP contribution in [0, 0.1) is 29.6 Å². The fraction of sp³-hybridized carbons (Fsp3) is 0.125. The van der Waals surface area contributed by atoms with Crippen LogP contribution in [-0.4, -0.2) is 0 Å². The zero-order valence-electron chi connectivity index (χ0n) is 11.3. The molecule has 3 nitrogen and oxygen atoms in total. The molecule has 0 radical (unpaired) electrons. The number of hydrogen-bond acceptors (Lipinski definition) is 4. The van der Waals surface area contributed by atoms with Crippen LogP contribution >= 0.6 is 27.3 Å². The Morgan fingerprint density at radius 2 is 2.05 bits per heavy atom. The van der Waals surface area contributed by atoms with Crippen LogP contribution in [0.4, 0.5) is 0 Å². The van der Waals surface area contributed by atoms with Crippen LogP contribution in [0.3, 0.4) is 0 Å². The molecule has 2 rings (SSSR count). The van der Waals surface area contributed by atoms with E-state index in [1.807, 2.05) is 49.4 Å². The molecular weight excluding hydrogens is 348 g/mol. The predicted molar refractivity (Wildman–Crippen MR) is 86.7 cm³/mol. The van der Waals surface area contributed by atoms with Gasteiger partial charge in [0.15, 0.2) is 0 Å². The van der Waals surface area contributed by atoms with Gasteiger partial charge in [0.05, 0.1) is 4.47 Å². The van der Waals surface area contributed by atoms with Gasteiger partial charge in [0.2, 0.25) is 0 Å². The largest absolute Gasteiger partial charge is 0.488 e. The standard InChI is InChI=1S/C16H11BrN2OS/c1-11-13(7-14(21-11)6-12(8-18)9-19)10-20-16-5-3-2-4-15(16)17/h2-7H,10H2,1H3. The SMILES string of the molecule is Cc1sc(C=C(C#N)C#N)cc1COc1ccccc1Br. The lowest BCUT2D eigenvalue weighted by Gasteiger charge is -2.07. The summed E-state index contributed by atoms with van der Waals surface area (Å²) in [6.45, 7) is 2.45. The Balaban J connectivity index is 2.14. The molecule has 0 amide bonds. The second-order valence-corrected chi connectivity index (χ2v) is 6.37. The molecule has 0 spiro atoms. The number of rotatable bonds is 4. The van der Waals surface area contributed by atoms with E-state index >= 15 is 0 Å². The number of allylic oxidation sites excluding steroid dienone is 1. The van der Waals surface area contributed by atoms with Crippen molar-refractivity contribution in [3.8, 4) is 17.9 Å². The predicted octanol–water partition coefficient (Wildman–Crippen LogP) is 4.83. The first kappa shape index (κ1) is 15.3. The maximum Gasteiger partial charge on any atom is 0.133 e. The monoisotopic (exact) mass is 358 g/mol. The highest BCUT2D eigenvalue weighted by Crippen LogP contribution is 2.28. The van der Waals surface area contributed by atoms with E-state index in [2.05, 4.69) is 15.9 Å². The highest BCUT2D eigenvalue weighted by molar-refractivity contribution is 9.10. The molecule has 0 N–H and O–H groups in total. The number of halogens is 1. The van der Waals surface area contributed by atoms with E-state index in [1.54, 1.807) is 17.4 Å². The smallest absolute Gasteiger partial charge is 0.133 e. The minimum absolute atomic E-state index is 0.106. The zero-order valence-corrected chi connectivity index (χ0v) is 13.7. The van der Waals surface area contributed by atoms with Crippen molar-refractivity contribution in [3.63, 3.8) is 0 Å². The van der Waals surface area contributed by atoms with Crippen molar-refractivity contribution in [2.45, 2.75) is 13.5 Å². The molecule has 0 aliphatic carbocycles. The molecular formula is C16H11BrN2OS. The minimum Gasteiger partial charge on any atom is -0.488 e. The van der Waals surface area contributed by atoms with Gasteiger partial charge in [-0.05, 0) is 47.1 Å². The maximum absolute atomic E-state index is 8.78. The number of nitriles is 2. The molecule has 0 saturated heterocycles. The number of para-hydroxylation sites is 1. The topological polar surface area (TPSA) is 56.8 Å². The summed E-state index contributed by atoms with van der Waals surface area (Å²) in [5.74, 6) is 0.787. The maximum atomic E-state index is 8.78. The molecule has 0 saturated carbocycles. The Hall–Kier alpha value is -2.08. The highest BCUT2D eigenvalue weighted by atomic mass is 79.9. The van der Waals surface area contributed by atoms with Crippen LogP contribution in [0.25, 0.3) is 6.08 Å². The molecule has 0 fully saturated rings. The summed E-state index contributed by atoms with van der Waals surface area (Å²) in [7, 11) is 0. The average molecular weight is 359 g/mol. The van der Waals surface area contributed by atoms with Crippen molar-refractivity contribution < 1.29 is 4.74 Å². The van der Waals surface area contributed by atoms with Gasteiger partial charge in [0.1, 0.15) is 30.1 Å². The molecule has 0 unspecified atom stereocenters. The third-order valence-corrected chi connectivity index (χ3v) is 4.48. The first-order chi connectivity index (χ1) is 10.1. The molecule has 104 valence electrons. The number of benzene rings is 1. The second kappa shape index (κ2) is 7.08. The van der Waals surface area contributed by atoms with Crippen molar-refractivity contribution in [2.24, 2.45) is 0 Å². The fourth-order valence-electron chi connectivity index (χ4n) is 1.71. The van der Waals surface area contributed by atoms with E-state index in [0.717, 1.165) is 25.5 Å². The Labute approximate surface area is 135 Å². The lowest BCUT2D eigenvalue weighted by molar-refractivity contribution is 0.304. The summed E-state index contributed by atoms with van der Waals surface area (Å²) in [5.41, 5.74) is 1.16. The van der Waals surface area contributed by atoms with Crippen LogP contribution in [0.5, 0.6) is 5.75 Å². The lowest BCUT2D eigenvalue weighted by atomic mass is 10.2. The van der Waals surface area contributed by atoms with E-state index in [0.29, 0.717) is 6.61 Å². The average Bonchev–Trinajstić information content (AvgIpc) is 2.84. The van der Waals surface area contributed by atoms with E-state index in [9.17, 15) is 0 Å². The van der Waals surface area contributed by atoms with Crippen molar-refractivity contribution in [3.05, 3.63) is 55.7 Å².